The molecule has 0 aliphatic carbocycles. The molecule has 6 rings (SSSR count). The summed E-state index contributed by atoms with van der Waals surface area (Å²) < 4.78 is 39.3. The molecule has 0 bridgehead atoms. The number of nitriles is 1. The van der Waals surface area contributed by atoms with E-state index in [2.05, 4.69) is 21.8 Å². The van der Waals surface area contributed by atoms with Crippen molar-refractivity contribution in [3.63, 3.8) is 0 Å². The molecule has 49 heavy (non-hydrogen) atoms. The predicted molar refractivity (Wildman–Crippen MR) is 171 cm³/mol. The van der Waals surface area contributed by atoms with Crippen LogP contribution in [-0.2, 0) is 26.3 Å². The highest BCUT2D eigenvalue weighted by atomic mass is 19.4. The second-order valence-electron chi connectivity index (χ2n) is 13.4. The van der Waals surface area contributed by atoms with Gasteiger partial charge in [0.05, 0.1) is 23.2 Å². The molecule has 4 heterocycles. The molecule has 2 aromatic carbocycles. The van der Waals surface area contributed by atoms with Crippen LogP contribution in [0.5, 0.6) is 0 Å². The molecule has 2 N–H and O–H groups in total. The molecule has 0 radical (unpaired) electrons. The van der Waals surface area contributed by atoms with Gasteiger partial charge in [-0.2, -0.15) is 23.5 Å². The first-order valence-corrected chi connectivity index (χ1v) is 16.2. The number of alkyl halides is 3. The van der Waals surface area contributed by atoms with Gasteiger partial charge < -0.3 is 20.4 Å². The molecule has 5 atom stereocenters. The lowest BCUT2D eigenvalue weighted by molar-refractivity contribution is -0.145. The molecular weight excluding hydrogens is 639 g/mol. The van der Waals surface area contributed by atoms with Gasteiger partial charge in [-0.25, -0.2) is 0 Å². The van der Waals surface area contributed by atoms with Crippen LogP contribution in [0, 0.1) is 17.2 Å². The first-order chi connectivity index (χ1) is 23.3. The minimum Gasteiger partial charge on any atom is -0.340 e. The molecule has 0 saturated carbocycles. The van der Waals surface area contributed by atoms with Crippen LogP contribution in [-0.4, -0.2) is 80.6 Å². The number of nitrogens with zero attached hydrogens (tertiary/aromatic N) is 5. The van der Waals surface area contributed by atoms with Crippen LogP contribution >= 0.6 is 0 Å². The number of hydrogen-bond acceptors (Lipinski definition) is 6. The third kappa shape index (κ3) is 6.49. The standard InChI is InChI=1S/C35H36F3N7O4/c1-21(2)14-28(41-30(46)23-17-40-43(18-23)20-35(36,37)38)31(47)44-13-12-25(22-8-4-3-5-9-22)29(44)32(48)45-19-34(15-24(45)16-39)26-10-6-7-11-27(26)42-33(34)49/h3-11,17-18,21,24-25,28-29H,12-15,19-20H2,1-2H3,(H,41,46)(H,42,49)/t24-,25+,28?,29-,34-/m0/s1. The van der Waals surface area contributed by atoms with Crippen LogP contribution in [0.2, 0.25) is 0 Å². The number of amides is 4. The first kappa shape index (κ1) is 33.7. The van der Waals surface area contributed by atoms with Crippen molar-refractivity contribution in [1.82, 2.24) is 24.9 Å². The molecule has 256 valence electrons. The maximum Gasteiger partial charge on any atom is 0.408 e. The Balaban J connectivity index is 1.31. The highest BCUT2D eigenvalue weighted by Gasteiger charge is 2.58. The van der Waals surface area contributed by atoms with Gasteiger partial charge in [-0.3, -0.25) is 23.9 Å². The second kappa shape index (κ2) is 13.0. The van der Waals surface area contributed by atoms with E-state index >= 15 is 0 Å². The van der Waals surface area contributed by atoms with Gasteiger partial charge in [-0.05, 0) is 36.0 Å². The predicted octanol–water partition coefficient (Wildman–Crippen LogP) is 3.99. The lowest BCUT2D eigenvalue weighted by Crippen LogP contribution is -2.56. The first-order valence-electron chi connectivity index (χ1n) is 16.2. The van der Waals surface area contributed by atoms with E-state index < -0.39 is 59.9 Å². The van der Waals surface area contributed by atoms with E-state index in [-0.39, 0.29) is 43.3 Å². The SMILES string of the molecule is CC(C)CC(NC(=O)c1cnn(CC(F)(F)F)c1)C(=O)N1CC[C@H](c2ccccc2)[C@H]1C(=O)N1C[C@]2(C[C@H]1C#N)C(=O)Nc1ccccc12. The number of aromatic nitrogens is 2. The van der Waals surface area contributed by atoms with Crippen molar-refractivity contribution < 1.29 is 32.3 Å². The molecule has 14 heteroatoms. The Morgan fingerprint density at radius 3 is 2.51 bits per heavy atom. The number of benzene rings is 2. The van der Waals surface area contributed by atoms with Gasteiger partial charge in [0, 0.05) is 37.3 Å². The minimum absolute atomic E-state index is 0.0407. The molecule has 3 aromatic rings. The van der Waals surface area contributed by atoms with E-state index in [4.69, 9.17) is 0 Å². The second-order valence-corrected chi connectivity index (χ2v) is 13.4. The van der Waals surface area contributed by atoms with E-state index in [1.165, 1.54) is 9.80 Å². The van der Waals surface area contributed by atoms with Gasteiger partial charge in [0.25, 0.3) is 5.91 Å². The van der Waals surface area contributed by atoms with Crippen molar-refractivity contribution in [3.05, 3.63) is 83.7 Å². The summed E-state index contributed by atoms with van der Waals surface area (Å²) in [5, 5.41) is 19.5. The summed E-state index contributed by atoms with van der Waals surface area (Å²) in [6.45, 7) is 2.49. The number of likely N-dealkylation sites (tertiary alicyclic amines) is 2. The summed E-state index contributed by atoms with van der Waals surface area (Å²) >= 11 is 0. The molecule has 1 unspecified atom stereocenters. The summed E-state index contributed by atoms with van der Waals surface area (Å²) in [5.41, 5.74) is 0.912. The smallest absolute Gasteiger partial charge is 0.340 e. The Morgan fingerprint density at radius 2 is 1.82 bits per heavy atom. The molecule has 2 fully saturated rings. The fourth-order valence-electron chi connectivity index (χ4n) is 7.44. The van der Waals surface area contributed by atoms with Crippen LogP contribution in [0.25, 0.3) is 0 Å². The number of carbonyl (C=O) groups is 4. The Kier molecular flexibility index (Phi) is 8.96. The quantitative estimate of drug-likeness (QED) is 0.370. The lowest BCUT2D eigenvalue weighted by atomic mass is 9.80. The number of hydrogen-bond donors (Lipinski definition) is 2. The highest BCUT2D eigenvalue weighted by Crippen LogP contribution is 2.47. The normalized spacial score (nSPS) is 23.8. The largest absolute Gasteiger partial charge is 0.408 e. The number of para-hydroxylation sites is 1. The number of carbonyl (C=O) groups excluding carboxylic acids is 4. The molecule has 11 nitrogen and oxygen atoms in total. The van der Waals surface area contributed by atoms with Crippen LogP contribution in [0.15, 0.2) is 67.0 Å². The average molecular weight is 676 g/mol. The van der Waals surface area contributed by atoms with Gasteiger partial charge >= 0.3 is 6.18 Å². The molecular formula is C35H36F3N7O4. The zero-order valence-corrected chi connectivity index (χ0v) is 27.0. The van der Waals surface area contributed by atoms with Crippen LogP contribution in [0.1, 0.15) is 60.5 Å². The van der Waals surface area contributed by atoms with Gasteiger partial charge in [0.2, 0.25) is 17.7 Å². The topological polar surface area (TPSA) is 140 Å². The maximum atomic E-state index is 14.7. The van der Waals surface area contributed by atoms with Gasteiger partial charge in [-0.1, -0.05) is 62.4 Å². The van der Waals surface area contributed by atoms with Crippen molar-refractivity contribution in [2.24, 2.45) is 5.92 Å². The van der Waals surface area contributed by atoms with Crippen LogP contribution in [0.4, 0.5) is 18.9 Å². The maximum absolute atomic E-state index is 14.7. The Bertz CT molecular complexity index is 1800. The highest BCUT2D eigenvalue weighted by molar-refractivity contribution is 6.07. The van der Waals surface area contributed by atoms with E-state index in [0.717, 1.165) is 18.0 Å². The van der Waals surface area contributed by atoms with Gasteiger partial charge in [-0.15, -0.1) is 0 Å². The Morgan fingerprint density at radius 1 is 1.10 bits per heavy atom. The molecule has 1 aromatic heterocycles. The fourth-order valence-corrected chi connectivity index (χ4v) is 7.44. The third-order valence-corrected chi connectivity index (χ3v) is 9.62. The Labute approximate surface area is 281 Å². The zero-order valence-electron chi connectivity index (χ0n) is 27.0. The molecule has 3 aliphatic heterocycles. The lowest BCUT2D eigenvalue weighted by Gasteiger charge is -2.34. The number of nitrogens with one attached hydrogen (secondary N) is 2. The van der Waals surface area contributed by atoms with Crippen LogP contribution < -0.4 is 10.6 Å². The molecule has 1 spiro atoms. The van der Waals surface area contributed by atoms with E-state index in [1.807, 2.05) is 50.2 Å². The van der Waals surface area contributed by atoms with Crippen molar-refractivity contribution in [1.29, 1.82) is 5.26 Å². The number of rotatable bonds is 8. The minimum atomic E-state index is -4.53. The number of halogens is 3. The summed E-state index contributed by atoms with van der Waals surface area (Å²) in [7, 11) is 0. The molecule has 2 saturated heterocycles. The summed E-state index contributed by atoms with van der Waals surface area (Å²) in [6, 6.07) is 15.6. The van der Waals surface area contributed by atoms with Gasteiger partial charge in [0.15, 0.2) is 0 Å². The number of fused-ring (bicyclic) bond motifs is 2. The zero-order chi connectivity index (χ0) is 35.1. The Hall–Kier alpha value is -5.19. The van der Waals surface area contributed by atoms with Crippen molar-refractivity contribution >= 4 is 29.3 Å². The number of anilines is 1. The van der Waals surface area contributed by atoms with Crippen LogP contribution in [0.3, 0.4) is 0 Å². The summed E-state index contributed by atoms with van der Waals surface area (Å²) in [4.78, 5) is 58.7. The monoisotopic (exact) mass is 675 g/mol. The summed E-state index contributed by atoms with van der Waals surface area (Å²) in [5.74, 6) is -2.57. The van der Waals surface area contributed by atoms with E-state index in [0.29, 0.717) is 22.4 Å². The summed E-state index contributed by atoms with van der Waals surface area (Å²) in [6.07, 6.45) is -1.84. The van der Waals surface area contributed by atoms with Crippen molar-refractivity contribution in [2.45, 2.75) is 75.3 Å². The van der Waals surface area contributed by atoms with Crippen molar-refractivity contribution in [3.8, 4) is 6.07 Å². The fraction of sp³-hybridized carbons (Fsp3) is 0.429. The van der Waals surface area contributed by atoms with Crippen molar-refractivity contribution in [2.75, 3.05) is 18.4 Å². The van der Waals surface area contributed by atoms with E-state index in [9.17, 15) is 37.6 Å². The third-order valence-electron chi connectivity index (χ3n) is 9.62. The molecule has 4 amide bonds. The van der Waals surface area contributed by atoms with Gasteiger partial charge in [0.1, 0.15) is 24.7 Å². The average Bonchev–Trinajstić information content (AvgIpc) is 3.85. The molecule has 3 aliphatic rings. The van der Waals surface area contributed by atoms with E-state index in [1.54, 1.807) is 18.2 Å².